The van der Waals surface area contributed by atoms with Gasteiger partial charge < -0.3 is 10.1 Å². The third-order valence-electron chi connectivity index (χ3n) is 4.34. The summed E-state index contributed by atoms with van der Waals surface area (Å²) in [6.45, 7) is 0. The van der Waals surface area contributed by atoms with Crippen LogP contribution in [0, 0.1) is 0 Å². The van der Waals surface area contributed by atoms with Gasteiger partial charge >= 0.3 is 0 Å². The molecule has 0 atom stereocenters. The average Bonchev–Trinajstić information content (AvgIpc) is 3.21. The molecule has 0 aliphatic heterocycles. The highest BCUT2D eigenvalue weighted by atomic mass is 79.9. The molecule has 0 bridgehead atoms. The van der Waals surface area contributed by atoms with E-state index in [0.717, 1.165) is 15.7 Å². The van der Waals surface area contributed by atoms with Gasteiger partial charge in [0.1, 0.15) is 5.75 Å². The molecule has 0 radical (unpaired) electrons. The van der Waals surface area contributed by atoms with Crippen molar-refractivity contribution in [2.24, 2.45) is 0 Å². The number of halogens is 2. The number of ether oxygens (including phenoxy) is 1. The van der Waals surface area contributed by atoms with Crippen LogP contribution in [0.2, 0.25) is 5.02 Å². The summed E-state index contributed by atoms with van der Waals surface area (Å²) < 4.78 is 7.86. The first kappa shape index (κ1) is 20.1. The second-order valence-electron chi connectivity index (χ2n) is 6.31. The van der Waals surface area contributed by atoms with Gasteiger partial charge in [-0.1, -0.05) is 39.7 Å². The molecule has 0 spiro atoms. The third-order valence-corrected chi connectivity index (χ3v) is 5.12. The first-order valence-corrected chi connectivity index (χ1v) is 10.2. The van der Waals surface area contributed by atoms with Gasteiger partial charge in [0, 0.05) is 15.1 Å². The van der Waals surface area contributed by atoms with E-state index in [9.17, 15) is 4.79 Å². The van der Waals surface area contributed by atoms with Crippen LogP contribution in [0.4, 0.5) is 5.69 Å². The van der Waals surface area contributed by atoms with Crippen molar-refractivity contribution in [3.05, 3.63) is 88.1 Å². The lowest BCUT2D eigenvalue weighted by Crippen LogP contribution is -2.14. The van der Waals surface area contributed by atoms with Crippen molar-refractivity contribution >= 4 is 39.1 Å². The number of hydrogen-bond acceptors (Lipinski definition) is 4. The summed E-state index contributed by atoms with van der Waals surface area (Å²) in [5, 5.41) is 7.89. The molecule has 30 heavy (non-hydrogen) atoms. The standard InChI is InChI=1S/C22H16BrClN4O2/c1-30-19-5-3-2-4-18(19)25-22(29)20-26-21(14-6-10-16(24)11-7-14)28(27-20)17-12-8-15(23)9-13-17/h2-13H,1H3,(H,25,29). The van der Waals surface area contributed by atoms with Gasteiger partial charge in [-0.15, -0.1) is 5.10 Å². The van der Waals surface area contributed by atoms with Crippen LogP contribution in [0.5, 0.6) is 5.75 Å². The predicted molar refractivity (Wildman–Crippen MR) is 120 cm³/mol. The second-order valence-corrected chi connectivity index (χ2v) is 7.66. The number of methoxy groups -OCH3 is 1. The van der Waals surface area contributed by atoms with Gasteiger partial charge in [0.2, 0.25) is 5.82 Å². The molecular weight excluding hydrogens is 468 g/mol. The molecule has 0 aliphatic carbocycles. The molecule has 0 fully saturated rings. The van der Waals surface area contributed by atoms with Gasteiger partial charge in [-0.3, -0.25) is 4.79 Å². The Labute approximate surface area is 186 Å². The number of carbonyl (C=O) groups is 1. The lowest BCUT2D eigenvalue weighted by Gasteiger charge is -2.08. The summed E-state index contributed by atoms with van der Waals surface area (Å²) in [4.78, 5) is 17.4. The van der Waals surface area contributed by atoms with Gasteiger partial charge in [0.15, 0.2) is 5.82 Å². The summed E-state index contributed by atoms with van der Waals surface area (Å²) in [7, 11) is 1.55. The highest BCUT2D eigenvalue weighted by molar-refractivity contribution is 9.10. The van der Waals surface area contributed by atoms with Gasteiger partial charge in [0.05, 0.1) is 18.5 Å². The summed E-state index contributed by atoms with van der Waals surface area (Å²) in [6, 6.07) is 21.9. The Hall–Kier alpha value is -3.16. The molecule has 1 aromatic heterocycles. The Bertz CT molecular complexity index is 1130. The van der Waals surface area contributed by atoms with Crippen LogP contribution in [0.15, 0.2) is 77.3 Å². The molecule has 4 rings (SSSR count). The summed E-state index contributed by atoms with van der Waals surface area (Å²) in [5.74, 6) is 0.676. The van der Waals surface area contributed by atoms with Crippen molar-refractivity contribution in [2.45, 2.75) is 0 Å². The molecule has 0 aliphatic rings. The minimum Gasteiger partial charge on any atom is -0.495 e. The Kier molecular flexibility index (Phi) is 5.83. The van der Waals surface area contributed by atoms with Crippen molar-refractivity contribution in [3.8, 4) is 22.8 Å². The largest absolute Gasteiger partial charge is 0.495 e. The lowest BCUT2D eigenvalue weighted by molar-refractivity contribution is 0.101. The number of rotatable bonds is 5. The number of carbonyl (C=O) groups excluding carboxylic acids is 1. The zero-order chi connectivity index (χ0) is 21.1. The maximum Gasteiger partial charge on any atom is 0.295 e. The van der Waals surface area contributed by atoms with Gasteiger partial charge in [0.25, 0.3) is 5.91 Å². The van der Waals surface area contributed by atoms with E-state index in [2.05, 4.69) is 31.3 Å². The number of nitrogens with one attached hydrogen (secondary N) is 1. The molecule has 0 unspecified atom stereocenters. The van der Waals surface area contributed by atoms with Crippen LogP contribution >= 0.6 is 27.5 Å². The van der Waals surface area contributed by atoms with Crippen LogP contribution in [0.25, 0.3) is 17.1 Å². The molecule has 0 saturated carbocycles. The highest BCUT2D eigenvalue weighted by Crippen LogP contribution is 2.26. The fourth-order valence-electron chi connectivity index (χ4n) is 2.88. The van der Waals surface area contributed by atoms with E-state index < -0.39 is 5.91 Å². The van der Waals surface area contributed by atoms with Gasteiger partial charge in [-0.2, -0.15) is 0 Å². The molecule has 0 saturated heterocycles. The molecule has 150 valence electrons. The highest BCUT2D eigenvalue weighted by Gasteiger charge is 2.20. The quantitative estimate of drug-likeness (QED) is 0.400. The Morgan fingerprint density at radius 3 is 2.43 bits per heavy atom. The Morgan fingerprint density at radius 1 is 1.03 bits per heavy atom. The average molecular weight is 484 g/mol. The van der Waals surface area contributed by atoms with Crippen molar-refractivity contribution < 1.29 is 9.53 Å². The fraction of sp³-hybridized carbons (Fsp3) is 0.0455. The van der Waals surface area contributed by atoms with Crippen LogP contribution in [0.3, 0.4) is 0 Å². The number of aromatic nitrogens is 3. The van der Waals surface area contributed by atoms with Crippen LogP contribution in [-0.2, 0) is 0 Å². The Balaban J connectivity index is 1.75. The normalized spacial score (nSPS) is 10.6. The summed E-state index contributed by atoms with van der Waals surface area (Å²) in [5.41, 5.74) is 2.09. The first-order chi connectivity index (χ1) is 14.5. The van der Waals surface area contributed by atoms with Gasteiger partial charge in [-0.25, -0.2) is 9.67 Å². The van der Waals surface area contributed by atoms with Gasteiger partial charge in [-0.05, 0) is 60.7 Å². The van der Waals surface area contributed by atoms with E-state index >= 15 is 0 Å². The van der Waals surface area contributed by atoms with E-state index in [1.54, 1.807) is 36.1 Å². The molecule has 3 aromatic carbocycles. The van der Waals surface area contributed by atoms with Crippen molar-refractivity contribution in [2.75, 3.05) is 12.4 Å². The maximum atomic E-state index is 12.9. The van der Waals surface area contributed by atoms with E-state index in [4.69, 9.17) is 16.3 Å². The topological polar surface area (TPSA) is 69.0 Å². The van der Waals surface area contributed by atoms with Crippen molar-refractivity contribution in [1.82, 2.24) is 14.8 Å². The SMILES string of the molecule is COc1ccccc1NC(=O)c1nc(-c2ccc(Cl)cc2)n(-c2ccc(Br)cc2)n1. The number of benzene rings is 3. The van der Waals surface area contributed by atoms with E-state index in [-0.39, 0.29) is 5.82 Å². The smallest absolute Gasteiger partial charge is 0.295 e. The van der Waals surface area contributed by atoms with Crippen LogP contribution < -0.4 is 10.1 Å². The number of nitrogens with zero attached hydrogens (tertiary/aromatic N) is 3. The molecule has 1 amide bonds. The predicted octanol–water partition coefficient (Wildman–Crippen LogP) is 5.61. The molecule has 1 heterocycles. The molecular formula is C22H16BrClN4O2. The third kappa shape index (κ3) is 4.22. The van der Waals surface area contributed by atoms with E-state index in [1.807, 2.05) is 48.5 Å². The maximum absolute atomic E-state index is 12.9. The number of para-hydroxylation sites is 2. The number of hydrogen-bond donors (Lipinski definition) is 1. The zero-order valence-electron chi connectivity index (χ0n) is 15.8. The molecule has 8 heteroatoms. The number of amides is 1. The minimum atomic E-state index is -0.439. The van der Waals surface area contributed by atoms with E-state index in [0.29, 0.717) is 22.3 Å². The Morgan fingerprint density at radius 2 is 1.73 bits per heavy atom. The zero-order valence-corrected chi connectivity index (χ0v) is 18.2. The molecule has 4 aromatic rings. The second kappa shape index (κ2) is 8.69. The monoisotopic (exact) mass is 482 g/mol. The van der Waals surface area contributed by atoms with E-state index in [1.165, 1.54) is 0 Å². The fourth-order valence-corrected chi connectivity index (χ4v) is 3.27. The minimum absolute atomic E-state index is 0.0359. The van der Waals surface area contributed by atoms with Crippen LogP contribution in [-0.4, -0.2) is 27.8 Å². The van der Waals surface area contributed by atoms with Crippen molar-refractivity contribution in [1.29, 1.82) is 0 Å². The van der Waals surface area contributed by atoms with Crippen molar-refractivity contribution in [3.63, 3.8) is 0 Å². The van der Waals surface area contributed by atoms with Crippen LogP contribution in [0.1, 0.15) is 10.6 Å². The summed E-state index contributed by atoms with van der Waals surface area (Å²) >= 11 is 9.46. The lowest BCUT2D eigenvalue weighted by atomic mass is 10.2. The number of anilines is 1. The summed E-state index contributed by atoms with van der Waals surface area (Å²) in [6.07, 6.45) is 0. The first-order valence-electron chi connectivity index (χ1n) is 8.98. The molecule has 1 N–H and O–H groups in total. The molecule has 6 nitrogen and oxygen atoms in total.